The molecule has 0 radical (unpaired) electrons. The van der Waals surface area contributed by atoms with Crippen molar-refractivity contribution in [3.63, 3.8) is 0 Å². The second-order valence-corrected chi connectivity index (χ2v) is 9.53. The Morgan fingerprint density at radius 1 is 1.16 bits per heavy atom. The van der Waals surface area contributed by atoms with E-state index in [0.29, 0.717) is 48.8 Å². The molecule has 1 aliphatic rings. The van der Waals surface area contributed by atoms with Crippen LogP contribution in [0.5, 0.6) is 0 Å². The fourth-order valence-corrected chi connectivity index (χ4v) is 4.72. The number of sulfonamides is 1. The third-order valence-electron chi connectivity index (χ3n) is 5.49. The summed E-state index contributed by atoms with van der Waals surface area (Å²) in [5.74, 6) is 0.515. The van der Waals surface area contributed by atoms with Gasteiger partial charge in [-0.2, -0.15) is 4.98 Å². The molecule has 2 aromatic carbocycles. The third-order valence-corrected chi connectivity index (χ3v) is 6.87. The van der Waals surface area contributed by atoms with E-state index in [1.807, 2.05) is 0 Å². The average molecular weight is 459 g/mol. The number of hydrogen-bond donors (Lipinski definition) is 1. The highest BCUT2D eigenvalue weighted by Crippen LogP contribution is 2.28. The zero-order valence-electron chi connectivity index (χ0n) is 17.7. The topological polar surface area (TPSA) is 105 Å². The largest absolute Gasteiger partial charge is 0.339 e. The number of anilines is 1. The lowest BCUT2D eigenvalue weighted by atomic mass is 9.96. The number of rotatable bonds is 5. The minimum atomic E-state index is -3.99. The van der Waals surface area contributed by atoms with Crippen LogP contribution in [-0.4, -0.2) is 42.5 Å². The molecule has 1 fully saturated rings. The van der Waals surface area contributed by atoms with Gasteiger partial charge in [-0.1, -0.05) is 17.3 Å². The van der Waals surface area contributed by atoms with E-state index in [0.717, 1.165) is 6.07 Å². The molecule has 1 aliphatic heterocycles. The van der Waals surface area contributed by atoms with E-state index < -0.39 is 15.8 Å². The van der Waals surface area contributed by atoms with E-state index >= 15 is 0 Å². The van der Waals surface area contributed by atoms with Crippen molar-refractivity contribution in [2.45, 2.75) is 37.5 Å². The van der Waals surface area contributed by atoms with Gasteiger partial charge in [0.25, 0.3) is 15.9 Å². The second kappa shape index (κ2) is 8.70. The SMILES string of the molecule is Cc1noc(C2CCN(C(=O)c3cccc(NS(=O)(=O)c4ccc(C)c(F)c4)c3)CC2)n1. The number of halogens is 1. The molecule has 32 heavy (non-hydrogen) atoms. The van der Waals surface area contributed by atoms with Crippen molar-refractivity contribution in [3.05, 3.63) is 71.1 Å². The smallest absolute Gasteiger partial charge is 0.261 e. The Morgan fingerprint density at radius 3 is 2.56 bits per heavy atom. The van der Waals surface area contributed by atoms with Gasteiger partial charge >= 0.3 is 0 Å². The van der Waals surface area contributed by atoms with E-state index in [4.69, 9.17) is 4.52 Å². The van der Waals surface area contributed by atoms with Crippen LogP contribution in [0.4, 0.5) is 10.1 Å². The van der Waals surface area contributed by atoms with Crippen LogP contribution in [0.15, 0.2) is 51.9 Å². The summed E-state index contributed by atoms with van der Waals surface area (Å²) in [4.78, 5) is 18.8. The Labute approximate surface area is 185 Å². The van der Waals surface area contributed by atoms with Crippen molar-refractivity contribution in [1.29, 1.82) is 0 Å². The van der Waals surface area contributed by atoms with Crippen LogP contribution >= 0.6 is 0 Å². The number of piperidine rings is 1. The Balaban J connectivity index is 1.44. The maximum Gasteiger partial charge on any atom is 0.261 e. The molecule has 2 heterocycles. The molecule has 0 atom stereocenters. The fraction of sp³-hybridized carbons (Fsp3) is 0.318. The summed E-state index contributed by atoms with van der Waals surface area (Å²) in [7, 11) is -3.99. The summed E-state index contributed by atoms with van der Waals surface area (Å²) in [6.45, 7) is 4.38. The number of nitrogens with zero attached hydrogens (tertiary/aromatic N) is 3. The predicted octanol–water partition coefficient (Wildman–Crippen LogP) is 3.65. The molecular formula is C22H23FN4O4S. The van der Waals surface area contributed by atoms with E-state index in [9.17, 15) is 17.6 Å². The number of amides is 1. The predicted molar refractivity (Wildman–Crippen MR) is 115 cm³/mol. The Morgan fingerprint density at radius 2 is 1.91 bits per heavy atom. The summed E-state index contributed by atoms with van der Waals surface area (Å²) in [6, 6.07) is 9.99. The van der Waals surface area contributed by atoms with Gasteiger partial charge in [0.1, 0.15) is 5.82 Å². The number of carbonyl (C=O) groups excluding carboxylic acids is 1. The van der Waals surface area contributed by atoms with Crippen LogP contribution < -0.4 is 4.72 Å². The number of benzene rings is 2. The molecule has 0 aliphatic carbocycles. The van der Waals surface area contributed by atoms with Gasteiger partial charge < -0.3 is 9.42 Å². The standard InChI is InChI=1S/C22H23FN4O4S/c1-14-6-7-19(13-20(14)23)32(29,30)26-18-5-3-4-17(12-18)22(28)27-10-8-16(9-11-27)21-24-15(2)25-31-21/h3-7,12-13,16,26H,8-11H2,1-2H3. The zero-order valence-corrected chi connectivity index (χ0v) is 18.5. The molecule has 1 amide bonds. The Bertz CT molecular complexity index is 1250. The van der Waals surface area contributed by atoms with Crippen molar-refractivity contribution < 1.29 is 22.1 Å². The first kappa shape index (κ1) is 21.9. The van der Waals surface area contributed by atoms with Crippen molar-refractivity contribution in [2.75, 3.05) is 17.8 Å². The summed E-state index contributed by atoms with van der Waals surface area (Å²) in [5, 5.41) is 3.82. The van der Waals surface area contributed by atoms with Gasteiger partial charge in [-0.05, 0) is 62.6 Å². The number of likely N-dealkylation sites (tertiary alicyclic amines) is 1. The highest BCUT2D eigenvalue weighted by atomic mass is 32.2. The monoisotopic (exact) mass is 458 g/mol. The molecule has 3 aromatic rings. The van der Waals surface area contributed by atoms with Crippen molar-refractivity contribution in [2.24, 2.45) is 0 Å². The van der Waals surface area contributed by atoms with Gasteiger partial charge in [0, 0.05) is 30.3 Å². The molecule has 0 saturated carbocycles. The van der Waals surface area contributed by atoms with E-state index in [1.54, 1.807) is 36.9 Å². The number of aryl methyl sites for hydroxylation is 2. The molecule has 1 N–H and O–H groups in total. The van der Waals surface area contributed by atoms with Gasteiger partial charge in [0.05, 0.1) is 4.90 Å². The summed E-state index contributed by atoms with van der Waals surface area (Å²) < 4.78 is 46.7. The Kier molecular flexibility index (Phi) is 5.96. The van der Waals surface area contributed by atoms with Crippen LogP contribution in [0.25, 0.3) is 0 Å². The average Bonchev–Trinajstić information content (AvgIpc) is 3.21. The van der Waals surface area contributed by atoms with E-state index in [1.165, 1.54) is 18.2 Å². The number of carbonyl (C=O) groups is 1. The first-order valence-electron chi connectivity index (χ1n) is 10.2. The minimum Gasteiger partial charge on any atom is -0.339 e. The van der Waals surface area contributed by atoms with Crippen LogP contribution in [0.2, 0.25) is 0 Å². The van der Waals surface area contributed by atoms with Gasteiger partial charge in [0.15, 0.2) is 5.82 Å². The third kappa shape index (κ3) is 4.64. The molecule has 0 unspecified atom stereocenters. The molecule has 1 saturated heterocycles. The molecule has 4 rings (SSSR count). The van der Waals surface area contributed by atoms with Crippen molar-refractivity contribution in [1.82, 2.24) is 15.0 Å². The van der Waals surface area contributed by atoms with Crippen LogP contribution in [0.1, 0.15) is 46.4 Å². The second-order valence-electron chi connectivity index (χ2n) is 7.84. The van der Waals surface area contributed by atoms with Crippen molar-refractivity contribution in [3.8, 4) is 0 Å². The van der Waals surface area contributed by atoms with Gasteiger partial charge in [-0.15, -0.1) is 0 Å². The van der Waals surface area contributed by atoms with Gasteiger partial charge in [-0.25, -0.2) is 12.8 Å². The number of aromatic nitrogens is 2. The normalized spacial score (nSPS) is 15.0. The van der Waals surface area contributed by atoms with Crippen LogP contribution in [0.3, 0.4) is 0 Å². The molecular weight excluding hydrogens is 435 g/mol. The highest BCUT2D eigenvalue weighted by Gasteiger charge is 2.28. The van der Waals surface area contributed by atoms with E-state index in [-0.39, 0.29) is 22.4 Å². The van der Waals surface area contributed by atoms with E-state index in [2.05, 4.69) is 14.9 Å². The zero-order chi connectivity index (χ0) is 22.9. The lowest BCUT2D eigenvalue weighted by Gasteiger charge is -2.30. The van der Waals surface area contributed by atoms with Gasteiger partial charge in [-0.3, -0.25) is 9.52 Å². The fourth-order valence-electron chi connectivity index (χ4n) is 3.66. The summed E-state index contributed by atoms with van der Waals surface area (Å²) >= 11 is 0. The minimum absolute atomic E-state index is 0.119. The highest BCUT2D eigenvalue weighted by molar-refractivity contribution is 7.92. The van der Waals surface area contributed by atoms with Crippen LogP contribution in [0, 0.1) is 19.7 Å². The lowest BCUT2D eigenvalue weighted by Crippen LogP contribution is -2.38. The molecule has 8 nitrogen and oxygen atoms in total. The molecule has 0 spiro atoms. The maximum atomic E-state index is 13.8. The Hall–Kier alpha value is -3.27. The quantitative estimate of drug-likeness (QED) is 0.626. The summed E-state index contributed by atoms with van der Waals surface area (Å²) in [5.41, 5.74) is 0.954. The molecule has 10 heteroatoms. The molecule has 1 aromatic heterocycles. The lowest BCUT2D eigenvalue weighted by molar-refractivity contribution is 0.0704. The molecule has 0 bridgehead atoms. The van der Waals surface area contributed by atoms with Gasteiger partial charge in [0.2, 0.25) is 5.89 Å². The maximum absolute atomic E-state index is 13.8. The molecule has 168 valence electrons. The summed E-state index contributed by atoms with van der Waals surface area (Å²) in [6.07, 6.45) is 1.41. The first-order chi connectivity index (χ1) is 15.2. The number of hydrogen-bond acceptors (Lipinski definition) is 6. The van der Waals surface area contributed by atoms with Crippen molar-refractivity contribution >= 4 is 21.6 Å². The van der Waals surface area contributed by atoms with Crippen LogP contribution in [-0.2, 0) is 10.0 Å². The number of nitrogens with one attached hydrogen (secondary N) is 1. The first-order valence-corrected chi connectivity index (χ1v) is 11.7.